The largest absolute Gasteiger partial charge is 0.378 e. The van der Waals surface area contributed by atoms with Gasteiger partial charge < -0.3 is 14.7 Å². The van der Waals surface area contributed by atoms with Gasteiger partial charge in [0.05, 0.1) is 6.54 Å². The molecule has 2 aromatic rings. The number of benzene rings is 1. The standard InChI is InChI=1S/C15H20N4O/c1-12-17-15(18-20-12)11-16-13-5-7-14(8-6-13)19-9-3-2-4-10-19/h5-8,16H,2-4,9-11H2,1H3. The smallest absolute Gasteiger partial charge is 0.223 e. The summed E-state index contributed by atoms with van der Waals surface area (Å²) in [4.78, 5) is 6.62. The SMILES string of the molecule is Cc1nc(CNc2ccc(N3CCCCC3)cc2)no1. The van der Waals surface area contributed by atoms with Crippen LogP contribution in [0.15, 0.2) is 28.8 Å². The van der Waals surface area contributed by atoms with Crippen LogP contribution in [-0.2, 0) is 6.54 Å². The van der Waals surface area contributed by atoms with Gasteiger partial charge >= 0.3 is 0 Å². The van der Waals surface area contributed by atoms with E-state index in [4.69, 9.17) is 4.52 Å². The molecule has 5 heteroatoms. The minimum atomic E-state index is 0.584. The van der Waals surface area contributed by atoms with Gasteiger partial charge in [0, 0.05) is 31.4 Å². The summed E-state index contributed by atoms with van der Waals surface area (Å²) in [6.07, 6.45) is 3.97. The maximum atomic E-state index is 4.94. The van der Waals surface area contributed by atoms with Crippen molar-refractivity contribution in [1.29, 1.82) is 0 Å². The molecule has 1 aliphatic heterocycles. The molecule has 1 aliphatic rings. The van der Waals surface area contributed by atoms with Crippen molar-refractivity contribution in [3.63, 3.8) is 0 Å². The van der Waals surface area contributed by atoms with Gasteiger partial charge in [-0.25, -0.2) is 0 Å². The summed E-state index contributed by atoms with van der Waals surface area (Å²) in [7, 11) is 0. The lowest BCUT2D eigenvalue weighted by molar-refractivity contribution is 0.388. The summed E-state index contributed by atoms with van der Waals surface area (Å²) in [5.74, 6) is 1.28. The van der Waals surface area contributed by atoms with Gasteiger partial charge in [0.1, 0.15) is 0 Å². The Balaban J connectivity index is 1.58. The molecule has 106 valence electrons. The fourth-order valence-corrected chi connectivity index (χ4v) is 2.54. The van der Waals surface area contributed by atoms with Crippen LogP contribution in [0, 0.1) is 6.92 Å². The van der Waals surface area contributed by atoms with Crippen LogP contribution < -0.4 is 10.2 Å². The fraction of sp³-hybridized carbons (Fsp3) is 0.467. The second-order valence-corrected chi connectivity index (χ2v) is 5.18. The Hall–Kier alpha value is -2.04. The Morgan fingerprint density at radius 3 is 2.55 bits per heavy atom. The molecule has 0 amide bonds. The number of aromatic nitrogens is 2. The highest BCUT2D eigenvalue weighted by Crippen LogP contribution is 2.21. The average molecular weight is 272 g/mol. The van der Waals surface area contributed by atoms with Gasteiger partial charge in [-0.05, 0) is 43.5 Å². The molecule has 1 N–H and O–H groups in total. The monoisotopic (exact) mass is 272 g/mol. The first-order valence-corrected chi connectivity index (χ1v) is 7.19. The van der Waals surface area contributed by atoms with Crippen LogP contribution >= 0.6 is 0 Å². The highest BCUT2D eigenvalue weighted by atomic mass is 16.5. The average Bonchev–Trinajstić information content (AvgIpc) is 2.92. The first-order chi connectivity index (χ1) is 9.81. The first kappa shape index (κ1) is 13.0. The van der Waals surface area contributed by atoms with Gasteiger partial charge in [-0.2, -0.15) is 4.98 Å². The Bertz CT molecular complexity index is 543. The second kappa shape index (κ2) is 5.94. The van der Waals surface area contributed by atoms with Gasteiger partial charge in [0.25, 0.3) is 0 Å². The third-order valence-corrected chi connectivity index (χ3v) is 3.61. The topological polar surface area (TPSA) is 54.2 Å². The van der Waals surface area contributed by atoms with Crippen LogP contribution in [0.4, 0.5) is 11.4 Å². The molecule has 1 saturated heterocycles. The van der Waals surface area contributed by atoms with E-state index in [1.807, 2.05) is 0 Å². The highest BCUT2D eigenvalue weighted by molar-refractivity contribution is 5.55. The Kier molecular flexibility index (Phi) is 3.85. The molecular weight excluding hydrogens is 252 g/mol. The molecule has 1 fully saturated rings. The van der Waals surface area contributed by atoms with Gasteiger partial charge in [-0.1, -0.05) is 5.16 Å². The molecule has 20 heavy (non-hydrogen) atoms. The van der Waals surface area contributed by atoms with Crippen molar-refractivity contribution in [3.8, 4) is 0 Å². The van der Waals surface area contributed by atoms with E-state index in [1.54, 1.807) is 6.92 Å². The summed E-state index contributed by atoms with van der Waals surface area (Å²) in [5.41, 5.74) is 2.39. The zero-order chi connectivity index (χ0) is 13.8. The van der Waals surface area contributed by atoms with Gasteiger partial charge in [-0.15, -0.1) is 0 Å². The van der Waals surface area contributed by atoms with Crippen LogP contribution in [0.5, 0.6) is 0 Å². The molecule has 0 aliphatic carbocycles. The molecule has 0 spiro atoms. The van der Waals surface area contributed by atoms with Crippen molar-refractivity contribution in [2.75, 3.05) is 23.3 Å². The molecule has 0 unspecified atom stereocenters. The number of piperidine rings is 1. The third-order valence-electron chi connectivity index (χ3n) is 3.61. The van der Waals surface area contributed by atoms with Gasteiger partial charge in [-0.3, -0.25) is 0 Å². The van der Waals surface area contributed by atoms with Crippen LogP contribution in [0.2, 0.25) is 0 Å². The summed E-state index contributed by atoms with van der Waals surface area (Å²) < 4.78 is 4.94. The van der Waals surface area contributed by atoms with Crippen molar-refractivity contribution in [1.82, 2.24) is 10.1 Å². The Morgan fingerprint density at radius 2 is 1.90 bits per heavy atom. The Labute approximate surface area is 119 Å². The number of nitrogens with one attached hydrogen (secondary N) is 1. The second-order valence-electron chi connectivity index (χ2n) is 5.18. The van der Waals surface area contributed by atoms with Gasteiger partial charge in [0.15, 0.2) is 5.82 Å². The molecule has 0 atom stereocenters. The van der Waals surface area contributed by atoms with Crippen molar-refractivity contribution >= 4 is 11.4 Å². The van der Waals surface area contributed by atoms with Crippen molar-refractivity contribution in [2.45, 2.75) is 32.7 Å². The number of rotatable bonds is 4. The first-order valence-electron chi connectivity index (χ1n) is 7.19. The number of hydrogen-bond acceptors (Lipinski definition) is 5. The van der Waals surface area contributed by atoms with Crippen molar-refractivity contribution in [3.05, 3.63) is 36.0 Å². The summed E-state index contributed by atoms with van der Waals surface area (Å²) in [5, 5.41) is 7.17. The van der Waals surface area contributed by atoms with Crippen molar-refractivity contribution < 1.29 is 4.52 Å². The maximum Gasteiger partial charge on any atom is 0.223 e. The number of nitrogens with zero attached hydrogens (tertiary/aromatic N) is 3. The minimum Gasteiger partial charge on any atom is -0.378 e. The van der Waals surface area contributed by atoms with E-state index in [0.717, 1.165) is 5.69 Å². The molecule has 1 aromatic carbocycles. The lowest BCUT2D eigenvalue weighted by Crippen LogP contribution is -2.29. The quantitative estimate of drug-likeness (QED) is 0.927. The molecule has 0 saturated carbocycles. The highest BCUT2D eigenvalue weighted by Gasteiger charge is 2.10. The van der Waals surface area contributed by atoms with Crippen molar-refractivity contribution in [2.24, 2.45) is 0 Å². The van der Waals surface area contributed by atoms with E-state index in [2.05, 4.69) is 44.6 Å². The lowest BCUT2D eigenvalue weighted by atomic mass is 10.1. The van der Waals surface area contributed by atoms with Crippen LogP contribution in [0.25, 0.3) is 0 Å². The molecule has 3 rings (SSSR count). The predicted molar refractivity (Wildman–Crippen MR) is 78.9 cm³/mol. The minimum absolute atomic E-state index is 0.584. The van der Waals surface area contributed by atoms with E-state index < -0.39 is 0 Å². The molecular formula is C15H20N4O. The number of hydrogen-bond donors (Lipinski definition) is 1. The number of aryl methyl sites for hydroxylation is 1. The predicted octanol–water partition coefficient (Wildman–Crippen LogP) is 2.98. The van der Waals surface area contributed by atoms with E-state index in [9.17, 15) is 0 Å². The van der Waals surface area contributed by atoms with Crippen LogP contribution in [0.1, 0.15) is 31.0 Å². The van der Waals surface area contributed by atoms with Gasteiger partial charge in [0.2, 0.25) is 5.89 Å². The summed E-state index contributed by atoms with van der Waals surface area (Å²) in [6.45, 7) is 4.73. The molecule has 0 bridgehead atoms. The normalized spacial score (nSPS) is 15.3. The van der Waals surface area contributed by atoms with E-state index in [-0.39, 0.29) is 0 Å². The summed E-state index contributed by atoms with van der Waals surface area (Å²) in [6, 6.07) is 8.57. The molecule has 2 heterocycles. The molecule has 0 radical (unpaired) electrons. The fourth-order valence-electron chi connectivity index (χ4n) is 2.54. The van der Waals surface area contributed by atoms with Crippen LogP contribution in [0.3, 0.4) is 0 Å². The summed E-state index contributed by atoms with van der Waals surface area (Å²) >= 11 is 0. The zero-order valence-electron chi connectivity index (χ0n) is 11.8. The zero-order valence-corrected chi connectivity index (χ0v) is 11.8. The number of anilines is 2. The third kappa shape index (κ3) is 3.10. The molecule has 5 nitrogen and oxygen atoms in total. The Morgan fingerprint density at radius 1 is 1.15 bits per heavy atom. The lowest BCUT2D eigenvalue weighted by Gasteiger charge is -2.28. The van der Waals surface area contributed by atoms with E-state index >= 15 is 0 Å². The van der Waals surface area contributed by atoms with Crippen LogP contribution in [-0.4, -0.2) is 23.2 Å². The maximum absolute atomic E-state index is 4.94. The van der Waals surface area contributed by atoms with E-state index in [1.165, 1.54) is 38.0 Å². The van der Waals surface area contributed by atoms with E-state index in [0.29, 0.717) is 18.3 Å². The molecule has 1 aromatic heterocycles.